The van der Waals surface area contributed by atoms with Crippen molar-refractivity contribution in [3.63, 3.8) is 0 Å². The third-order valence-electron chi connectivity index (χ3n) is 2.31. The van der Waals surface area contributed by atoms with E-state index in [0.717, 1.165) is 5.56 Å². The first-order chi connectivity index (χ1) is 7.66. The Morgan fingerprint density at radius 2 is 1.88 bits per heavy atom. The molecule has 2 aromatic carbocycles. The first kappa shape index (κ1) is 10.8. The highest BCUT2D eigenvalue weighted by Gasteiger charge is 2.04. The molecule has 0 saturated heterocycles. The first-order valence-corrected chi connectivity index (χ1v) is 5.33. The lowest BCUT2D eigenvalue weighted by atomic mass is 10.2. The molecule has 0 fully saturated rings. The maximum absolute atomic E-state index is 5.91. The molecule has 0 heterocycles. The highest BCUT2D eigenvalue weighted by atomic mass is 35.5. The molecule has 0 unspecified atom stereocenters. The van der Waals surface area contributed by atoms with Crippen LogP contribution in [0.1, 0.15) is 5.56 Å². The second kappa shape index (κ2) is 4.45. The fourth-order valence-electron chi connectivity index (χ4n) is 1.40. The minimum absolute atomic E-state index is 0.642. The van der Waals surface area contributed by atoms with Gasteiger partial charge in [-0.3, -0.25) is 0 Å². The smallest absolute Gasteiger partial charge is 0.150 e. The van der Waals surface area contributed by atoms with Gasteiger partial charge in [0, 0.05) is 5.02 Å². The zero-order chi connectivity index (χ0) is 11.5. The number of rotatable bonds is 2. The van der Waals surface area contributed by atoms with Crippen molar-refractivity contribution in [2.45, 2.75) is 6.92 Å². The van der Waals surface area contributed by atoms with Crippen molar-refractivity contribution in [3.05, 3.63) is 53.1 Å². The van der Waals surface area contributed by atoms with E-state index < -0.39 is 0 Å². The van der Waals surface area contributed by atoms with E-state index in [-0.39, 0.29) is 0 Å². The average Bonchev–Trinajstić information content (AvgIpc) is 2.25. The number of nitrogen functional groups attached to an aromatic ring is 1. The number of anilines is 1. The minimum Gasteiger partial charge on any atom is -0.455 e. The van der Waals surface area contributed by atoms with Crippen LogP contribution in [-0.4, -0.2) is 0 Å². The fraction of sp³-hybridized carbons (Fsp3) is 0.0769. The molecule has 82 valence electrons. The Morgan fingerprint density at radius 3 is 2.62 bits per heavy atom. The number of halogens is 1. The van der Waals surface area contributed by atoms with Gasteiger partial charge in [-0.2, -0.15) is 0 Å². The van der Waals surface area contributed by atoms with Gasteiger partial charge in [0.15, 0.2) is 5.75 Å². The van der Waals surface area contributed by atoms with Crippen molar-refractivity contribution in [1.82, 2.24) is 0 Å². The maximum Gasteiger partial charge on any atom is 0.150 e. The van der Waals surface area contributed by atoms with Crippen LogP contribution in [0.3, 0.4) is 0 Å². The molecule has 0 aliphatic carbocycles. The summed E-state index contributed by atoms with van der Waals surface area (Å²) in [5.74, 6) is 1.34. The largest absolute Gasteiger partial charge is 0.455 e. The Morgan fingerprint density at radius 1 is 1.12 bits per heavy atom. The van der Waals surface area contributed by atoms with Crippen LogP contribution in [0.2, 0.25) is 5.02 Å². The van der Waals surface area contributed by atoms with E-state index in [1.165, 1.54) is 0 Å². The lowest BCUT2D eigenvalue weighted by Gasteiger charge is -2.10. The average molecular weight is 234 g/mol. The van der Waals surface area contributed by atoms with Gasteiger partial charge in [-0.05, 0) is 36.8 Å². The highest BCUT2D eigenvalue weighted by molar-refractivity contribution is 6.30. The van der Waals surface area contributed by atoms with Crippen LogP contribution in [0.15, 0.2) is 42.5 Å². The molecule has 0 bridgehead atoms. The Hall–Kier alpha value is -1.67. The topological polar surface area (TPSA) is 35.2 Å². The third kappa shape index (κ3) is 2.28. The fourth-order valence-corrected chi connectivity index (χ4v) is 1.58. The van der Waals surface area contributed by atoms with Crippen molar-refractivity contribution < 1.29 is 4.74 Å². The molecule has 2 N–H and O–H groups in total. The standard InChI is InChI=1S/C13H12ClNO/c1-9-4-2-7-12(13(9)15)16-11-6-3-5-10(14)8-11/h2-8H,15H2,1H3. The zero-order valence-electron chi connectivity index (χ0n) is 8.91. The van der Waals surface area contributed by atoms with Crippen LogP contribution in [0.4, 0.5) is 5.69 Å². The molecule has 0 saturated carbocycles. The van der Waals surface area contributed by atoms with E-state index in [1.807, 2.05) is 37.3 Å². The van der Waals surface area contributed by atoms with Crippen LogP contribution in [0, 0.1) is 6.92 Å². The molecule has 2 rings (SSSR count). The zero-order valence-corrected chi connectivity index (χ0v) is 9.66. The lowest BCUT2D eigenvalue weighted by Crippen LogP contribution is -1.94. The molecule has 0 radical (unpaired) electrons. The summed E-state index contributed by atoms with van der Waals surface area (Å²) in [6.45, 7) is 1.94. The van der Waals surface area contributed by atoms with E-state index in [9.17, 15) is 0 Å². The van der Waals surface area contributed by atoms with Gasteiger partial charge in [0.25, 0.3) is 0 Å². The van der Waals surface area contributed by atoms with Gasteiger partial charge in [-0.25, -0.2) is 0 Å². The number of para-hydroxylation sites is 1. The van der Waals surface area contributed by atoms with Gasteiger partial charge in [-0.15, -0.1) is 0 Å². The summed E-state index contributed by atoms with van der Waals surface area (Å²) in [6.07, 6.45) is 0. The first-order valence-electron chi connectivity index (χ1n) is 4.95. The van der Waals surface area contributed by atoms with Gasteiger partial charge >= 0.3 is 0 Å². The number of nitrogens with two attached hydrogens (primary N) is 1. The summed E-state index contributed by atoms with van der Waals surface area (Å²) in [5.41, 5.74) is 7.57. The number of ether oxygens (including phenoxy) is 1. The molecule has 0 aromatic heterocycles. The quantitative estimate of drug-likeness (QED) is 0.795. The number of hydrogen-bond donors (Lipinski definition) is 1. The molecule has 16 heavy (non-hydrogen) atoms. The molecule has 0 aliphatic heterocycles. The van der Waals surface area contributed by atoms with E-state index in [4.69, 9.17) is 22.1 Å². The van der Waals surface area contributed by atoms with Crippen LogP contribution in [0.25, 0.3) is 0 Å². The molecule has 0 aliphatic rings. The lowest BCUT2D eigenvalue weighted by molar-refractivity contribution is 0.485. The SMILES string of the molecule is Cc1cccc(Oc2cccc(Cl)c2)c1N. The molecule has 2 nitrogen and oxygen atoms in total. The molecular weight excluding hydrogens is 222 g/mol. The van der Waals surface area contributed by atoms with Gasteiger partial charge in [0.2, 0.25) is 0 Å². The van der Waals surface area contributed by atoms with Crippen molar-refractivity contribution >= 4 is 17.3 Å². The van der Waals surface area contributed by atoms with Gasteiger partial charge in [-0.1, -0.05) is 29.8 Å². The summed E-state index contributed by atoms with van der Waals surface area (Å²) >= 11 is 5.87. The van der Waals surface area contributed by atoms with Gasteiger partial charge in [0.05, 0.1) is 5.69 Å². The monoisotopic (exact) mass is 233 g/mol. The Bertz CT molecular complexity index is 511. The maximum atomic E-state index is 5.91. The molecular formula is C13H12ClNO. The minimum atomic E-state index is 0.642. The van der Waals surface area contributed by atoms with Crippen LogP contribution in [-0.2, 0) is 0 Å². The summed E-state index contributed by atoms with van der Waals surface area (Å²) in [4.78, 5) is 0. The van der Waals surface area contributed by atoms with E-state index in [1.54, 1.807) is 12.1 Å². The van der Waals surface area contributed by atoms with Crippen molar-refractivity contribution in [1.29, 1.82) is 0 Å². The summed E-state index contributed by atoms with van der Waals surface area (Å²) in [5, 5.41) is 0.642. The molecule has 2 aromatic rings. The van der Waals surface area contributed by atoms with Gasteiger partial charge in [0.1, 0.15) is 5.75 Å². The molecule has 3 heteroatoms. The van der Waals surface area contributed by atoms with Crippen molar-refractivity contribution in [2.75, 3.05) is 5.73 Å². The Kier molecular flexibility index (Phi) is 3.02. The number of hydrogen-bond acceptors (Lipinski definition) is 2. The predicted octanol–water partition coefficient (Wildman–Crippen LogP) is 4.02. The summed E-state index contributed by atoms with van der Waals surface area (Å²) < 4.78 is 5.66. The summed E-state index contributed by atoms with van der Waals surface area (Å²) in [7, 11) is 0. The predicted molar refractivity (Wildman–Crippen MR) is 67.1 cm³/mol. The van der Waals surface area contributed by atoms with Crippen LogP contribution >= 0.6 is 11.6 Å². The highest BCUT2D eigenvalue weighted by Crippen LogP contribution is 2.30. The van der Waals surface area contributed by atoms with Crippen LogP contribution in [0.5, 0.6) is 11.5 Å². The normalized spacial score (nSPS) is 10.1. The summed E-state index contributed by atoms with van der Waals surface area (Å²) in [6, 6.07) is 12.9. The second-order valence-corrected chi connectivity index (χ2v) is 3.98. The van der Waals surface area contributed by atoms with Crippen molar-refractivity contribution in [2.24, 2.45) is 0 Å². The number of aryl methyl sites for hydroxylation is 1. The Labute approximate surface area is 99.6 Å². The van der Waals surface area contributed by atoms with E-state index in [0.29, 0.717) is 22.2 Å². The Balaban J connectivity index is 2.31. The van der Waals surface area contributed by atoms with Crippen LogP contribution < -0.4 is 10.5 Å². The van der Waals surface area contributed by atoms with Gasteiger partial charge < -0.3 is 10.5 Å². The molecule has 0 spiro atoms. The van der Waals surface area contributed by atoms with Crippen molar-refractivity contribution in [3.8, 4) is 11.5 Å². The molecule has 0 amide bonds. The third-order valence-corrected chi connectivity index (χ3v) is 2.54. The van der Waals surface area contributed by atoms with E-state index in [2.05, 4.69) is 0 Å². The molecule has 0 atom stereocenters. The number of benzene rings is 2. The second-order valence-electron chi connectivity index (χ2n) is 3.55. The van der Waals surface area contributed by atoms with E-state index >= 15 is 0 Å².